The number of aliphatic hydroxyl groups excluding tert-OH is 1. The van der Waals surface area contributed by atoms with Crippen LogP contribution in [0.4, 0.5) is 8.78 Å². The highest BCUT2D eigenvalue weighted by atomic mass is 19.1. The lowest BCUT2D eigenvalue weighted by Gasteiger charge is -2.24. The average Bonchev–Trinajstić information content (AvgIpc) is 2.97. The van der Waals surface area contributed by atoms with E-state index in [1.54, 1.807) is 0 Å². The number of hydrogen-bond donors (Lipinski definition) is 2. The van der Waals surface area contributed by atoms with Crippen molar-refractivity contribution in [3.8, 4) is 0 Å². The molecule has 0 saturated heterocycles. The van der Waals surface area contributed by atoms with Gasteiger partial charge in [0.05, 0.1) is 6.10 Å². The zero-order chi connectivity index (χ0) is 15.2. The number of nitrogens with one attached hydrogen (secondary N) is 1. The van der Waals surface area contributed by atoms with E-state index in [0.717, 1.165) is 25.2 Å². The number of aliphatic hydroxyl groups is 1. The Labute approximate surface area is 125 Å². The Hall–Kier alpha value is -1.04. The lowest BCUT2D eigenvalue weighted by atomic mass is 10.1. The molecule has 1 aromatic carbocycles. The van der Waals surface area contributed by atoms with Gasteiger partial charge in [0.1, 0.15) is 11.6 Å². The van der Waals surface area contributed by atoms with Crippen LogP contribution in [-0.4, -0.2) is 42.7 Å². The van der Waals surface area contributed by atoms with Crippen molar-refractivity contribution in [2.45, 2.75) is 37.8 Å². The van der Waals surface area contributed by atoms with E-state index in [-0.39, 0.29) is 12.1 Å². The van der Waals surface area contributed by atoms with Gasteiger partial charge in [-0.05, 0) is 26.0 Å². The molecule has 1 atom stereocenters. The van der Waals surface area contributed by atoms with Gasteiger partial charge in [-0.25, -0.2) is 8.78 Å². The van der Waals surface area contributed by atoms with Gasteiger partial charge in [0.15, 0.2) is 0 Å². The molecular formula is C16H24F2N2O. The van der Waals surface area contributed by atoms with Crippen molar-refractivity contribution in [1.29, 1.82) is 0 Å². The largest absolute Gasteiger partial charge is 0.387 e. The van der Waals surface area contributed by atoms with Crippen LogP contribution in [0.15, 0.2) is 18.2 Å². The minimum atomic E-state index is -0.956. The Kier molecular flexibility index (Phi) is 6.08. The smallest absolute Gasteiger partial charge is 0.131 e. The van der Waals surface area contributed by atoms with Gasteiger partial charge < -0.3 is 15.3 Å². The van der Waals surface area contributed by atoms with Crippen LogP contribution >= 0.6 is 0 Å². The molecule has 1 saturated carbocycles. The van der Waals surface area contributed by atoms with Crippen molar-refractivity contribution in [3.05, 3.63) is 35.4 Å². The summed E-state index contributed by atoms with van der Waals surface area (Å²) in [6.07, 6.45) is 4.19. The molecule has 0 bridgehead atoms. The molecule has 1 aliphatic rings. The van der Waals surface area contributed by atoms with Gasteiger partial charge in [-0.2, -0.15) is 0 Å². The fourth-order valence-electron chi connectivity index (χ4n) is 2.90. The monoisotopic (exact) mass is 298 g/mol. The molecular weight excluding hydrogens is 274 g/mol. The molecule has 2 rings (SSSR count). The molecule has 2 N–H and O–H groups in total. The molecule has 3 nitrogen and oxygen atoms in total. The predicted molar refractivity (Wildman–Crippen MR) is 79.1 cm³/mol. The first kappa shape index (κ1) is 16.3. The number of likely N-dealkylation sites (N-methyl/N-ethyl adjacent to an activating group) is 1. The van der Waals surface area contributed by atoms with Crippen LogP contribution in [0, 0.1) is 11.6 Å². The van der Waals surface area contributed by atoms with Gasteiger partial charge in [0, 0.05) is 37.3 Å². The van der Waals surface area contributed by atoms with Crippen molar-refractivity contribution in [1.82, 2.24) is 10.2 Å². The first-order chi connectivity index (χ1) is 10.1. The molecule has 1 unspecified atom stereocenters. The Morgan fingerprint density at radius 2 is 2.05 bits per heavy atom. The van der Waals surface area contributed by atoms with E-state index in [0.29, 0.717) is 6.04 Å². The molecule has 1 fully saturated rings. The quantitative estimate of drug-likeness (QED) is 0.759. The van der Waals surface area contributed by atoms with E-state index in [4.69, 9.17) is 0 Å². The van der Waals surface area contributed by atoms with Crippen molar-refractivity contribution in [2.24, 2.45) is 0 Å². The lowest BCUT2D eigenvalue weighted by Crippen LogP contribution is -2.36. The summed E-state index contributed by atoms with van der Waals surface area (Å²) in [5.74, 6) is -1.33. The molecule has 5 heteroatoms. The Bertz CT molecular complexity index is 450. The highest BCUT2D eigenvalue weighted by Crippen LogP contribution is 2.22. The van der Waals surface area contributed by atoms with E-state index in [9.17, 15) is 13.9 Å². The van der Waals surface area contributed by atoms with E-state index in [2.05, 4.69) is 17.3 Å². The Balaban J connectivity index is 1.70. The van der Waals surface area contributed by atoms with Crippen molar-refractivity contribution >= 4 is 0 Å². The number of benzene rings is 1. The first-order valence-corrected chi connectivity index (χ1v) is 7.62. The molecule has 21 heavy (non-hydrogen) atoms. The average molecular weight is 298 g/mol. The third-order valence-corrected chi connectivity index (χ3v) is 4.25. The number of nitrogens with zero attached hydrogens (tertiary/aromatic N) is 1. The van der Waals surface area contributed by atoms with Gasteiger partial charge >= 0.3 is 0 Å². The van der Waals surface area contributed by atoms with Crippen LogP contribution < -0.4 is 5.32 Å². The van der Waals surface area contributed by atoms with E-state index in [1.165, 1.54) is 31.7 Å². The van der Waals surface area contributed by atoms with Crippen molar-refractivity contribution in [2.75, 3.05) is 26.7 Å². The second-order valence-corrected chi connectivity index (χ2v) is 5.80. The van der Waals surface area contributed by atoms with Crippen LogP contribution in [0.2, 0.25) is 0 Å². The van der Waals surface area contributed by atoms with Crippen LogP contribution in [-0.2, 0) is 0 Å². The van der Waals surface area contributed by atoms with Crippen LogP contribution in [0.1, 0.15) is 37.4 Å². The van der Waals surface area contributed by atoms with Crippen LogP contribution in [0.3, 0.4) is 0 Å². The summed E-state index contributed by atoms with van der Waals surface area (Å²) in [6.45, 7) is 1.91. The van der Waals surface area contributed by atoms with E-state index >= 15 is 0 Å². The number of rotatable bonds is 7. The van der Waals surface area contributed by atoms with Gasteiger partial charge in [0.2, 0.25) is 0 Å². The summed E-state index contributed by atoms with van der Waals surface area (Å²) in [5, 5.41) is 13.1. The van der Waals surface area contributed by atoms with Gasteiger partial charge in [-0.1, -0.05) is 18.9 Å². The molecule has 0 spiro atoms. The highest BCUT2D eigenvalue weighted by molar-refractivity contribution is 5.21. The van der Waals surface area contributed by atoms with E-state index in [1.807, 2.05) is 0 Å². The zero-order valence-corrected chi connectivity index (χ0v) is 12.5. The first-order valence-electron chi connectivity index (χ1n) is 7.62. The number of hydrogen-bond acceptors (Lipinski definition) is 3. The summed E-state index contributed by atoms with van der Waals surface area (Å²) in [4.78, 5) is 2.34. The third-order valence-electron chi connectivity index (χ3n) is 4.25. The van der Waals surface area contributed by atoms with Crippen LogP contribution in [0.25, 0.3) is 0 Å². The molecule has 0 aliphatic heterocycles. The molecule has 0 heterocycles. The summed E-state index contributed by atoms with van der Waals surface area (Å²) in [6, 6.07) is 3.93. The summed E-state index contributed by atoms with van der Waals surface area (Å²) >= 11 is 0. The third kappa shape index (κ3) is 4.73. The lowest BCUT2D eigenvalue weighted by molar-refractivity contribution is 0.166. The van der Waals surface area contributed by atoms with Crippen LogP contribution in [0.5, 0.6) is 0 Å². The minimum absolute atomic E-state index is 0.132. The maximum absolute atomic E-state index is 13.5. The fraction of sp³-hybridized carbons (Fsp3) is 0.625. The van der Waals surface area contributed by atoms with E-state index < -0.39 is 17.7 Å². The summed E-state index contributed by atoms with van der Waals surface area (Å²) in [7, 11) is 2.12. The normalized spacial score (nSPS) is 17.6. The molecule has 0 aromatic heterocycles. The summed E-state index contributed by atoms with van der Waals surface area (Å²) < 4.78 is 26.3. The Morgan fingerprint density at radius 1 is 1.33 bits per heavy atom. The van der Waals surface area contributed by atoms with Gasteiger partial charge in [-0.15, -0.1) is 0 Å². The second-order valence-electron chi connectivity index (χ2n) is 5.80. The molecule has 1 aromatic rings. The highest BCUT2D eigenvalue weighted by Gasteiger charge is 2.19. The van der Waals surface area contributed by atoms with Crippen molar-refractivity contribution in [3.63, 3.8) is 0 Å². The Morgan fingerprint density at radius 3 is 2.71 bits per heavy atom. The molecule has 0 radical (unpaired) electrons. The SMILES string of the molecule is CN(CCNCC(O)c1ccc(F)cc1F)C1CCCC1. The standard InChI is InChI=1S/C16H24F2N2O/c1-20(13-4-2-3-5-13)9-8-19-11-16(21)14-7-6-12(17)10-15(14)18/h6-7,10,13,16,19,21H,2-5,8-9,11H2,1H3. The summed E-state index contributed by atoms with van der Waals surface area (Å²) in [5.41, 5.74) is 0.132. The maximum atomic E-state index is 13.5. The van der Waals surface area contributed by atoms with Gasteiger partial charge in [0.25, 0.3) is 0 Å². The predicted octanol–water partition coefficient (Wildman–Crippen LogP) is 2.46. The van der Waals surface area contributed by atoms with Crippen molar-refractivity contribution < 1.29 is 13.9 Å². The zero-order valence-electron chi connectivity index (χ0n) is 12.5. The second kappa shape index (κ2) is 7.82. The fourth-order valence-corrected chi connectivity index (χ4v) is 2.90. The minimum Gasteiger partial charge on any atom is -0.387 e. The topological polar surface area (TPSA) is 35.5 Å². The maximum Gasteiger partial charge on any atom is 0.131 e. The molecule has 1 aliphatic carbocycles. The number of halogens is 2. The van der Waals surface area contributed by atoms with Gasteiger partial charge in [-0.3, -0.25) is 0 Å². The molecule has 118 valence electrons. The molecule has 0 amide bonds.